The Bertz CT molecular complexity index is 361. The van der Waals surface area contributed by atoms with Crippen LogP contribution in [0.2, 0.25) is 0 Å². The summed E-state index contributed by atoms with van der Waals surface area (Å²) in [4.78, 5) is 21.0. The Morgan fingerprint density at radius 1 is 1.44 bits per heavy atom. The third kappa shape index (κ3) is 3.80. The van der Waals surface area contributed by atoms with Crippen molar-refractivity contribution in [1.82, 2.24) is 0 Å². The number of benzene rings is 1. The Balaban J connectivity index is 2.76. The number of hydrogen-bond acceptors (Lipinski definition) is 4. The lowest BCUT2D eigenvalue weighted by Crippen LogP contribution is -2.05. The van der Waals surface area contributed by atoms with Crippen LogP contribution < -0.4 is 4.74 Å². The molecule has 1 aromatic carbocycles. The minimum absolute atomic E-state index is 0.260. The largest absolute Gasteiger partial charge is 0.459 e. The van der Waals surface area contributed by atoms with E-state index in [1.165, 1.54) is 6.92 Å². The second-order valence-electron chi connectivity index (χ2n) is 3.04. The normalized spacial score (nSPS) is 11.6. The molecule has 0 aromatic heterocycles. The maximum Gasteiger partial charge on any atom is 0.308 e. The molecule has 0 aliphatic carbocycles. The topological polar surface area (TPSA) is 52.6 Å². The first-order chi connectivity index (χ1) is 7.67. The maximum atomic E-state index is 10.7. The van der Waals surface area contributed by atoms with Gasteiger partial charge in [-0.2, -0.15) is 0 Å². The average Bonchev–Trinajstić information content (AvgIpc) is 2.26. The molecule has 4 nitrogen and oxygen atoms in total. The van der Waals surface area contributed by atoms with Crippen LogP contribution in [-0.4, -0.2) is 16.9 Å². The first kappa shape index (κ1) is 13.0. The zero-order valence-electron chi connectivity index (χ0n) is 8.68. The van der Waals surface area contributed by atoms with Crippen LogP contribution in [-0.2, 0) is 14.3 Å². The molecule has 5 heteroatoms. The molecule has 16 heavy (non-hydrogen) atoms. The van der Waals surface area contributed by atoms with Crippen LogP contribution in [0.4, 0.5) is 0 Å². The first-order valence-electron chi connectivity index (χ1n) is 4.61. The van der Waals surface area contributed by atoms with E-state index in [1.807, 2.05) is 0 Å². The fraction of sp³-hybridized carbons (Fsp3) is 0.273. The van der Waals surface area contributed by atoms with Crippen molar-refractivity contribution in [2.24, 2.45) is 0 Å². The highest BCUT2D eigenvalue weighted by Gasteiger charge is 2.10. The molecule has 1 unspecified atom stereocenters. The summed E-state index contributed by atoms with van der Waals surface area (Å²) in [5.74, 6) is 0.122. The molecule has 1 rings (SSSR count). The molecule has 0 bridgehead atoms. The van der Waals surface area contributed by atoms with Gasteiger partial charge in [-0.3, -0.25) is 9.59 Å². The van der Waals surface area contributed by atoms with Crippen LogP contribution in [0.25, 0.3) is 0 Å². The van der Waals surface area contributed by atoms with E-state index in [0.29, 0.717) is 16.6 Å². The van der Waals surface area contributed by atoms with E-state index in [0.717, 1.165) is 5.56 Å². The van der Waals surface area contributed by atoms with Crippen LogP contribution >= 0.6 is 22.6 Å². The van der Waals surface area contributed by atoms with Gasteiger partial charge in [-0.1, -0.05) is 34.7 Å². The Kier molecular flexibility index (Phi) is 5.24. The minimum atomic E-state index is -0.359. The quantitative estimate of drug-likeness (QED) is 0.273. The molecule has 0 fully saturated rings. The van der Waals surface area contributed by atoms with Gasteiger partial charge in [-0.15, -0.1) is 0 Å². The monoisotopic (exact) mass is 334 g/mol. The van der Waals surface area contributed by atoms with Gasteiger partial charge in [0.1, 0.15) is 11.9 Å². The number of halogens is 1. The Labute approximate surface area is 107 Å². The minimum Gasteiger partial charge on any atom is -0.459 e. The van der Waals surface area contributed by atoms with Crippen molar-refractivity contribution in [3.05, 3.63) is 29.8 Å². The smallest absolute Gasteiger partial charge is 0.308 e. The number of carbonyl (C=O) groups is 2. The highest BCUT2D eigenvalue weighted by Crippen LogP contribution is 2.22. The number of hydrogen-bond donors (Lipinski definition) is 0. The van der Waals surface area contributed by atoms with Gasteiger partial charge in [0.05, 0.1) is 0 Å². The molecular formula is C11H11IO4. The highest BCUT2D eigenvalue weighted by molar-refractivity contribution is 14.1. The van der Waals surface area contributed by atoms with Crippen LogP contribution in [0, 0.1) is 0 Å². The molecule has 0 spiro atoms. The molecular weight excluding hydrogens is 323 g/mol. The van der Waals surface area contributed by atoms with Gasteiger partial charge in [0.2, 0.25) is 0 Å². The molecule has 0 saturated heterocycles. The van der Waals surface area contributed by atoms with E-state index in [4.69, 9.17) is 9.47 Å². The fourth-order valence-electron chi connectivity index (χ4n) is 1.19. The lowest BCUT2D eigenvalue weighted by Gasteiger charge is -2.12. The van der Waals surface area contributed by atoms with E-state index in [2.05, 4.69) is 22.6 Å². The molecule has 86 valence electrons. The van der Waals surface area contributed by atoms with Crippen molar-refractivity contribution in [3.63, 3.8) is 0 Å². The summed E-state index contributed by atoms with van der Waals surface area (Å²) in [6.45, 7) is 1.78. The summed E-state index contributed by atoms with van der Waals surface area (Å²) in [6.07, 6.45) is -0.260. The van der Waals surface area contributed by atoms with Crippen molar-refractivity contribution >= 4 is 35.0 Å². The number of esters is 1. The van der Waals surface area contributed by atoms with Gasteiger partial charge < -0.3 is 9.47 Å². The van der Waals surface area contributed by atoms with Gasteiger partial charge in [0.15, 0.2) is 0 Å². The summed E-state index contributed by atoms with van der Waals surface area (Å²) in [7, 11) is 0. The van der Waals surface area contributed by atoms with Crippen molar-refractivity contribution < 1.29 is 19.1 Å². The number of rotatable bonds is 5. The van der Waals surface area contributed by atoms with Crippen LogP contribution in [0.1, 0.15) is 18.6 Å². The van der Waals surface area contributed by atoms with Crippen LogP contribution in [0.15, 0.2) is 24.3 Å². The zero-order chi connectivity index (χ0) is 12.0. The number of ether oxygens (including phenoxy) is 2. The summed E-state index contributed by atoms with van der Waals surface area (Å²) in [5.41, 5.74) is 0.873. The lowest BCUT2D eigenvalue weighted by atomic mass is 10.1. The van der Waals surface area contributed by atoms with Gasteiger partial charge in [0, 0.05) is 11.4 Å². The van der Waals surface area contributed by atoms with E-state index in [1.54, 1.807) is 24.3 Å². The fourth-order valence-corrected chi connectivity index (χ4v) is 1.90. The third-order valence-corrected chi connectivity index (χ3v) is 2.67. The molecule has 0 saturated carbocycles. The third-order valence-electron chi connectivity index (χ3n) is 1.87. The predicted octanol–water partition coefficient (Wildman–Crippen LogP) is 2.26. The Morgan fingerprint density at radius 3 is 2.50 bits per heavy atom. The zero-order valence-corrected chi connectivity index (χ0v) is 10.8. The summed E-state index contributed by atoms with van der Waals surface area (Å²) < 4.78 is 10.5. The molecule has 0 N–H and O–H groups in total. The molecule has 0 radical (unpaired) electrons. The SMILES string of the molecule is CC(=O)Oc1ccc(C(CI)OC=O)cc1. The summed E-state index contributed by atoms with van der Waals surface area (Å²) in [6, 6.07) is 6.88. The average molecular weight is 334 g/mol. The first-order valence-corrected chi connectivity index (χ1v) is 6.13. The number of carbonyl (C=O) groups excluding carboxylic acids is 2. The lowest BCUT2D eigenvalue weighted by molar-refractivity contribution is -0.133. The van der Waals surface area contributed by atoms with Crippen molar-refractivity contribution in [3.8, 4) is 5.75 Å². The second kappa shape index (κ2) is 6.47. The van der Waals surface area contributed by atoms with Gasteiger partial charge in [-0.05, 0) is 17.7 Å². The molecule has 1 aromatic rings. The van der Waals surface area contributed by atoms with Crippen LogP contribution in [0.3, 0.4) is 0 Å². The molecule has 0 amide bonds. The van der Waals surface area contributed by atoms with E-state index >= 15 is 0 Å². The second-order valence-corrected chi connectivity index (χ2v) is 3.92. The number of alkyl halides is 1. The van der Waals surface area contributed by atoms with E-state index in [9.17, 15) is 9.59 Å². The highest BCUT2D eigenvalue weighted by atomic mass is 127. The van der Waals surface area contributed by atoms with Crippen molar-refractivity contribution in [2.75, 3.05) is 4.43 Å². The molecule has 1 atom stereocenters. The predicted molar refractivity (Wildman–Crippen MR) is 66.5 cm³/mol. The van der Waals surface area contributed by atoms with E-state index < -0.39 is 0 Å². The molecule has 0 aliphatic heterocycles. The maximum absolute atomic E-state index is 10.7. The van der Waals surface area contributed by atoms with Gasteiger partial charge >= 0.3 is 5.97 Å². The van der Waals surface area contributed by atoms with E-state index in [-0.39, 0.29) is 12.1 Å². The standard InChI is InChI=1S/C11H11IO4/c1-8(14)16-10-4-2-9(3-5-10)11(6-12)15-7-13/h2-5,7,11H,6H2,1H3. The Morgan fingerprint density at radius 2 is 2.06 bits per heavy atom. The van der Waals surface area contributed by atoms with Crippen LogP contribution in [0.5, 0.6) is 5.75 Å². The molecule has 0 heterocycles. The summed E-state index contributed by atoms with van der Waals surface area (Å²) >= 11 is 2.14. The van der Waals surface area contributed by atoms with Crippen molar-refractivity contribution in [1.29, 1.82) is 0 Å². The summed E-state index contributed by atoms with van der Waals surface area (Å²) in [5, 5.41) is 0. The Hall–Kier alpha value is -1.11. The van der Waals surface area contributed by atoms with Gasteiger partial charge in [0.25, 0.3) is 6.47 Å². The van der Waals surface area contributed by atoms with Gasteiger partial charge in [-0.25, -0.2) is 0 Å². The molecule has 0 aliphatic rings. The van der Waals surface area contributed by atoms with Crippen molar-refractivity contribution in [2.45, 2.75) is 13.0 Å².